The van der Waals surface area contributed by atoms with Gasteiger partial charge in [-0.1, -0.05) is 13.8 Å². The van der Waals surface area contributed by atoms with Gasteiger partial charge in [0.2, 0.25) is 5.91 Å². The molecular formula is C19H25N3O4. The molecule has 26 heavy (non-hydrogen) atoms. The van der Waals surface area contributed by atoms with E-state index in [4.69, 9.17) is 0 Å². The van der Waals surface area contributed by atoms with Gasteiger partial charge < -0.3 is 10.6 Å². The Hall–Kier alpha value is -2.70. The van der Waals surface area contributed by atoms with Crippen molar-refractivity contribution in [3.05, 3.63) is 34.9 Å². The van der Waals surface area contributed by atoms with Crippen LogP contribution in [0.25, 0.3) is 0 Å². The van der Waals surface area contributed by atoms with E-state index in [0.29, 0.717) is 17.7 Å². The molecule has 0 saturated heterocycles. The van der Waals surface area contributed by atoms with Crippen molar-refractivity contribution in [2.24, 2.45) is 5.92 Å². The second-order valence-corrected chi connectivity index (χ2v) is 7.58. The van der Waals surface area contributed by atoms with Crippen LogP contribution in [0.1, 0.15) is 65.7 Å². The Labute approximate surface area is 153 Å². The number of amides is 4. The van der Waals surface area contributed by atoms with Crippen LogP contribution in [0.15, 0.2) is 18.2 Å². The van der Waals surface area contributed by atoms with Gasteiger partial charge in [0, 0.05) is 30.1 Å². The second kappa shape index (κ2) is 7.27. The lowest BCUT2D eigenvalue weighted by molar-refractivity contribution is -0.123. The third-order valence-corrected chi connectivity index (χ3v) is 4.05. The molecular weight excluding hydrogens is 334 g/mol. The van der Waals surface area contributed by atoms with Crippen LogP contribution in [0.2, 0.25) is 0 Å². The average Bonchev–Trinajstić information content (AvgIpc) is 2.81. The third-order valence-electron chi connectivity index (χ3n) is 4.05. The number of carbonyl (C=O) groups is 4. The van der Waals surface area contributed by atoms with Gasteiger partial charge in [0.1, 0.15) is 0 Å². The van der Waals surface area contributed by atoms with Crippen LogP contribution in [0, 0.1) is 5.92 Å². The quantitative estimate of drug-likeness (QED) is 0.616. The van der Waals surface area contributed by atoms with Crippen LogP contribution in [0.3, 0.4) is 0 Å². The zero-order valence-corrected chi connectivity index (χ0v) is 15.8. The van der Waals surface area contributed by atoms with Crippen molar-refractivity contribution >= 4 is 23.6 Å². The maximum Gasteiger partial charge on any atom is 0.262 e. The fourth-order valence-electron chi connectivity index (χ4n) is 2.66. The van der Waals surface area contributed by atoms with Crippen molar-refractivity contribution in [3.63, 3.8) is 0 Å². The molecule has 0 spiro atoms. The summed E-state index contributed by atoms with van der Waals surface area (Å²) in [6.45, 7) is 9.53. The Morgan fingerprint density at radius 2 is 1.58 bits per heavy atom. The van der Waals surface area contributed by atoms with E-state index in [2.05, 4.69) is 10.6 Å². The summed E-state index contributed by atoms with van der Waals surface area (Å²) in [5, 5.41) is 5.40. The lowest BCUT2D eigenvalue weighted by atomic mass is 10.1. The zero-order valence-electron chi connectivity index (χ0n) is 15.8. The summed E-state index contributed by atoms with van der Waals surface area (Å²) < 4.78 is 0. The first-order chi connectivity index (χ1) is 12.0. The van der Waals surface area contributed by atoms with Gasteiger partial charge in [0.05, 0.1) is 11.1 Å². The van der Waals surface area contributed by atoms with E-state index < -0.39 is 11.4 Å². The standard InChI is InChI=1S/C19H25N3O4/c1-11(2)15(23)20-8-9-21-16(24)12-6-7-13-14(10-12)18(26)22(17(13)25)19(3,4)5/h6-7,10-11H,8-9H2,1-5H3,(H,20,23)(H,21,24). The summed E-state index contributed by atoms with van der Waals surface area (Å²) in [7, 11) is 0. The highest BCUT2D eigenvalue weighted by atomic mass is 16.2. The van der Waals surface area contributed by atoms with Crippen LogP contribution >= 0.6 is 0 Å². The molecule has 0 atom stereocenters. The van der Waals surface area contributed by atoms with E-state index in [0.717, 1.165) is 0 Å². The molecule has 4 amide bonds. The van der Waals surface area contributed by atoms with Crippen LogP contribution in [-0.2, 0) is 4.79 Å². The molecule has 7 nitrogen and oxygen atoms in total. The number of hydrogen-bond acceptors (Lipinski definition) is 4. The first kappa shape index (κ1) is 19.6. The average molecular weight is 359 g/mol. The van der Waals surface area contributed by atoms with E-state index in [9.17, 15) is 19.2 Å². The minimum absolute atomic E-state index is 0.0804. The molecule has 0 aromatic heterocycles. The van der Waals surface area contributed by atoms with Crippen molar-refractivity contribution in [1.29, 1.82) is 0 Å². The largest absolute Gasteiger partial charge is 0.354 e. The van der Waals surface area contributed by atoms with Gasteiger partial charge in [-0.15, -0.1) is 0 Å². The van der Waals surface area contributed by atoms with Crippen molar-refractivity contribution in [2.45, 2.75) is 40.2 Å². The normalized spacial score (nSPS) is 13.8. The van der Waals surface area contributed by atoms with Gasteiger partial charge in [-0.2, -0.15) is 0 Å². The number of nitrogens with zero attached hydrogens (tertiary/aromatic N) is 1. The Balaban J connectivity index is 2.05. The molecule has 1 aliphatic heterocycles. The highest BCUT2D eigenvalue weighted by Crippen LogP contribution is 2.29. The zero-order chi connectivity index (χ0) is 19.6. The van der Waals surface area contributed by atoms with E-state index in [1.807, 2.05) is 0 Å². The summed E-state index contributed by atoms with van der Waals surface area (Å²) in [6.07, 6.45) is 0. The summed E-state index contributed by atoms with van der Waals surface area (Å²) in [5.74, 6) is -1.29. The number of nitrogens with one attached hydrogen (secondary N) is 2. The minimum Gasteiger partial charge on any atom is -0.354 e. The number of hydrogen-bond donors (Lipinski definition) is 2. The molecule has 1 aromatic carbocycles. The predicted molar refractivity (Wildman–Crippen MR) is 96.9 cm³/mol. The molecule has 0 fully saturated rings. The van der Waals surface area contributed by atoms with Crippen molar-refractivity contribution in [2.75, 3.05) is 13.1 Å². The van der Waals surface area contributed by atoms with Gasteiger partial charge in [0.15, 0.2) is 0 Å². The maximum atomic E-state index is 12.6. The predicted octanol–water partition coefficient (Wildman–Crippen LogP) is 1.58. The summed E-state index contributed by atoms with van der Waals surface area (Å²) in [6, 6.07) is 4.48. The fourth-order valence-corrected chi connectivity index (χ4v) is 2.66. The number of carbonyl (C=O) groups excluding carboxylic acids is 4. The van der Waals surface area contributed by atoms with Gasteiger partial charge in [0.25, 0.3) is 17.7 Å². The van der Waals surface area contributed by atoms with E-state index in [1.54, 1.807) is 34.6 Å². The molecule has 1 aliphatic rings. The van der Waals surface area contributed by atoms with Crippen molar-refractivity contribution in [3.8, 4) is 0 Å². The molecule has 2 rings (SSSR count). The van der Waals surface area contributed by atoms with Gasteiger partial charge >= 0.3 is 0 Å². The lowest BCUT2D eigenvalue weighted by Gasteiger charge is -2.29. The topological polar surface area (TPSA) is 95.6 Å². The highest BCUT2D eigenvalue weighted by molar-refractivity contribution is 6.22. The monoisotopic (exact) mass is 359 g/mol. The summed E-state index contributed by atoms with van der Waals surface area (Å²) >= 11 is 0. The van der Waals surface area contributed by atoms with E-state index in [1.165, 1.54) is 23.1 Å². The Morgan fingerprint density at radius 1 is 1.00 bits per heavy atom. The summed E-state index contributed by atoms with van der Waals surface area (Å²) in [5.41, 5.74) is 0.219. The first-order valence-corrected chi connectivity index (χ1v) is 8.63. The van der Waals surface area contributed by atoms with Crippen LogP contribution < -0.4 is 10.6 Å². The molecule has 1 heterocycles. The Morgan fingerprint density at radius 3 is 2.15 bits per heavy atom. The highest BCUT2D eigenvalue weighted by Gasteiger charge is 2.42. The number of benzene rings is 1. The Bertz CT molecular complexity index is 763. The summed E-state index contributed by atoms with van der Waals surface area (Å²) in [4.78, 5) is 49.9. The smallest absolute Gasteiger partial charge is 0.262 e. The Kier molecular flexibility index (Phi) is 5.49. The van der Waals surface area contributed by atoms with Crippen molar-refractivity contribution in [1.82, 2.24) is 15.5 Å². The first-order valence-electron chi connectivity index (χ1n) is 8.63. The number of imide groups is 1. The molecule has 0 aliphatic carbocycles. The van der Waals surface area contributed by atoms with Crippen molar-refractivity contribution < 1.29 is 19.2 Å². The van der Waals surface area contributed by atoms with Crippen LogP contribution in [0.5, 0.6) is 0 Å². The van der Waals surface area contributed by atoms with Crippen LogP contribution in [0.4, 0.5) is 0 Å². The molecule has 1 aromatic rings. The SMILES string of the molecule is CC(C)C(=O)NCCNC(=O)c1ccc2c(c1)C(=O)N(C(C)(C)C)C2=O. The molecule has 7 heteroatoms. The van der Waals surface area contributed by atoms with Gasteiger partial charge in [-0.05, 0) is 39.0 Å². The van der Waals surface area contributed by atoms with Gasteiger partial charge in [-0.3, -0.25) is 24.1 Å². The molecule has 2 N–H and O–H groups in total. The molecule has 140 valence electrons. The molecule has 0 unspecified atom stereocenters. The second-order valence-electron chi connectivity index (χ2n) is 7.58. The van der Waals surface area contributed by atoms with Crippen LogP contribution in [-0.4, -0.2) is 47.2 Å². The maximum absolute atomic E-state index is 12.6. The third kappa shape index (κ3) is 3.92. The number of rotatable bonds is 5. The van der Waals surface area contributed by atoms with E-state index >= 15 is 0 Å². The van der Waals surface area contributed by atoms with E-state index in [-0.39, 0.29) is 35.7 Å². The molecule has 0 radical (unpaired) electrons. The molecule has 0 bridgehead atoms. The fraction of sp³-hybridized carbons (Fsp3) is 0.474. The van der Waals surface area contributed by atoms with Gasteiger partial charge in [-0.25, -0.2) is 0 Å². The lowest BCUT2D eigenvalue weighted by Crippen LogP contribution is -2.45. The molecule has 0 saturated carbocycles. The number of fused-ring (bicyclic) bond motifs is 1. The minimum atomic E-state index is -0.635.